The van der Waals surface area contributed by atoms with E-state index < -0.39 is 20.0 Å². The molecule has 0 radical (unpaired) electrons. The molecule has 0 amide bonds. The van der Waals surface area contributed by atoms with Crippen LogP contribution in [0.5, 0.6) is 0 Å². The summed E-state index contributed by atoms with van der Waals surface area (Å²) >= 11 is 0. The summed E-state index contributed by atoms with van der Waals surface area (Å²) in [4.78, 5) is 0. The number of piperidine rings is 1. The molecule has 4 atom stereocenters. The van der Waals surface area contributed by atoms with Crippen molar-refractivity contribution in [3.63, 3.8) is 0 Å². The molecule has 4 fully saturated rings. The molecule has 0 aromatic carbocycles. The second-order valence-electron chi connectivity index (χ2n) is 7.69. The van der Waals surface area contributed by atoms with Crippen LogP contribution in [0.3, 0.4) is 0 Å². The van der Waals surface area contributed by atoms with Crippen LogP contribution in [0, 0.1) is 11.8 Å². The SMILES string of the molecule is O=S1(=O)CCCN1C1CCCN(S(=O)(=O)C2C[C@@H]3CC[C@H]2C3)C1. The van der Waals surface area contributed by atoms with Crippen molar-refractivity contribution in [2.75, 3.05) is 25.4 Å². The van der Waals surface area contributed by atoms with Crippen LogP contribution >= 0.6 is 0 Å². The molecular weight excluding hydrogens is 336 g/mol. The number of hydrogen-bond acceptors (Lipinski definition) is 4. The Kier molecular flexibility index (Phi) is 4.02. The molecule has 0 aromatic rings. The van der Waals surface area contributed by atoms with Crippen LogP contribution in [-0.2, 0) is 20.0 Å². The van der Waals surface area contributed by atoms with Gasteiger partial charge in [-0.1, -0.05) is 6.42 Å². The van der Waals surface area contributed by atoms with Gasteiger partial charge in [0.2, 0.25) is 20.0 Å². The number of sulfonamides is 2. The molecule has 2 aliphatic carbocycles. The minimum Gasteiger partial charge on any atom is -0.212 e. The fraction of sp³-hybridized carbons (Fsp3) is 1.00. The zero-order chi connectivity index (χ0) is 16.2. The molecule has 0 spiro atoms. The number of fused-ring (bicyclic) bond motifs is 2. The van der Waals surface area contributed by atoms with Gasteiger partial charge in [0.25, 0.3) is 0 Å². The number of rotatable bonds is 3. The topological polar surface area (TPSA) is 74.8 Å². The third-order valence-electron chi connectivity index (χ3n) is 6.32. The smallest absolute Gasteiger partial charge is 0.212 e. The predicted molar refractivity (Wildman–Crippen MR) is 87.9 cm³/mol. The molecule has 4 aliphatic rings. The van der Waals surface area contributed by atoms with E-state index in [0.29, 0.717) is 37.9 Å². The average Bonchev–Trinajstić information content (AvgIpc) is 3.22. The molecule has 2 saturated carbocycles. The van der Waals surface area contributed by atoms with Crippen molar-refractivity contribution in [2.45, 2.75) is 56.2 Å². The van der Waals surface area contributed by atoms with Crippen molar-refractivity contribution < 1.29 is 16.8 Å². The Hall–Kier alpha value is -0.180. The summed E-state index contributed by atoms with van der Waals surface area (Å²) in [7, 11) is -6.45. The lowest BCUT2D eigenvalue weighted by atomic mass is 10.0. The molecule has 2 saturated heterocycles. The van der Waals surface area contributed by atoms with Crippen LogP contribution in [0.4, 0.5) is 0 Å². The van der Waals surface area contributed by atoms with Crippen molar-refractivity contribution in [1.29, 1.82) is 0 Å². The molecule has 4 rings (SSSR count). The fourth-order valence-corrected chi connectivity index (χ4v) is 9.36. The second kappa shape index (κ2) is 5.68. The van der Waals surface area contributed by atoms with Gasteiger partial charge in [-0.05, 0) is 50.4 Å². The van der Waals surface area contributed by atoms with Gasteiger partial charge in [0, 0.05) is 25.7 Å². The molecular formula is C15H26N2O4S2. The highest BCUT2D eigenvalue weighted by atomic mass is 32.2. The number of nitrogens with zero attached hydrogens (tertiary/aromatic N) is 2. The molecule has 2 heterocycles. The van der Waals surface area contributed by atoms with Crippen molar-refractivity contribution in [3.8, 4) is 0 Å². The molecule has 2 unspecified atom stereocenters. The monoisotopic (exact) mass is 362 g/mol. The fourth-order valence-electron chi connectivity index (χ4n) is 5.20. The predicted octanol–water partition coefficient (Wildman–Crippen LogP) is 1.00. The van der Waals surface area contributed by atoms with Gasteiger partial charge in [-0.25, -0.2) is 21.1 Å². The molecule has 132 valence electrons. The molecule has 2 bridgehead atoms. The van der Waals surface area contributed by atoms with E-state index in [0.717, 1.165) is 32.1 Å². The summed E-state index contributed by atoms with van der Waals surface area (Å²) in [6.07, 6.45) is 6.33. The largest absolute Gasteiger partial charge is 0.217 e. The lowest BCUT2D eigenvalue weighted by Gasteiger charge is -2.38. The van der Waals surface area contributed by atoms with Gasteiger partial charge in [-0.2, -0.15) is 4.31 Å². The highest BCUT2D eigenvalue weighted by Crippen LogP contribution is 2.48. The van der Waals surface area contributed by atoms with E-state index in [4.69, 9.17) is 0 Å². The first-order chi connectivity index (χ1) is 10.9. The summed E-state index contributed by atoms with van der Waals surface area (Å²) in [5.41, 5.74) is 0. The van der Waals surface area contributed by atoms with Crippen molar-refractivity contribution in [3.05, 3.63) is 0 Å². The van der Waals surface area contributed by atoms with Gasteiger partial charge >= 0.3 is 0 Å². The van der Waals surface area contributed by atoms with Gasteiger partial charge in [-0.3, -0.25) is 0 Å². The van der Waals surface area contributed by atoms with Crippen LogP contribution in [0.2, 0.25) is 0 Å². The zero-order valence-electron chi connectivity index (χ0n) is 13.4. The van der Waals surface area contributed by atoms with E-state index in [9.17, 15) is 16.8 Å². The summed E-state index contributed by atoms with van der Waals surface area (Å²) in [6, 6.07) is -0.162. The van der Waals surface area contributed by atoms with E-state index in [1.54, 1.807) is 8.61 Å². The minimum atomic E-state index is -3.28. The maximum absolute atomic E-state index is 13.1. The third-order valence-corrected chi connectivity index (χ3v) is 10.7. The molecule has 23 heavy (non-hydrogen) atoms. The molecule has 0 aromatic heterocycles. The van der Waals surface area contributed by atoms with Gasteiger partial charge in [0.05, 0.1) is 11.0 Å². The van der Waals surface area contributed by atoms with Crippen LogP contribution in [0.1, 0.15) is 44.9 Å². The maximum Gasteiger partial charge on any atom is 0.217 e. The first-order valence-corrected chi connectivity index (χ1v) is 12.0. The highest BCUT2D eigenvalue weighted by Gasteiger charge is 2.49. The highest BCUT2D eigenvalue weighted by molar-refractivity contribution is 7.90. The quantitative estimate of drug-likeness (QED) is 0.751. The number of hydrogen-bond donors (Lipinski definition) is 0. The molecule has 6 nitrogen and oxygen atoms in total. The second-order valence-corrected chi connectivity index (χ2v) is 11.9. The van der Waals surface area contributed by atoms with Gasteiger partial charge < -0.3 is 0 Å². The lowest BCUT2D eigenvalue weighted by molar-refractivity contribution is 0.216. The maximum atomic E-state index is 13.1. The molecule has 8 heteroatoms. The lowest BCUT2D eigenvalue weighted by Crippen LogP contribution is -2.52. The summed E-state index contributed by atoms with van der Waals surface area (Å²) < 4.78 is 53.6. The van der Waals surface area contributed by atoms with E-state index in [-0.39, 0.29) is 17.0 Å². The Morgan fingerprint density at radius 1 is 0.957 bits per heavy atom. The Morgan fingerprint density at radius 2 is 1.78 bits per heavy atom. The first kappa shape index (κ1) is 16.3. The summed E-state index contributed by atoms with van der Waals surface area (Å²) in [5, 5.41) is -0.213. The third kappa shape index (κ3) is 2.75. The van der Waals surface area contributed by atoms with Gasteiger partial charge in [0.1, 0.15) is 0 Å². The summed E-state index contributed by atoms with van der Waals surface area (Å²) in [6.45, 7) is 1.46. The Bertz CT molecular complexity index is 676. The van der Waals surface area contributed by atoms with Crippen LogP contribution < -0.4 is 0 Å². The Labute approximate surface area is 139 Å². The van der Waals surface area contributed by atoms with Crippen LogP contribution in [0.15, 0.2) is 0 Å². The van der Waals surface area contributed by atoms with Crippen molar-refractivity contribution in [2.24, 2.45) is 11.8 Å². The zero-order valence-corrected chi connectivity index (χ0v) is 15.1. The normalized spacial score (nSPS) is 41.6. The van der Waals surface area contributed by atoms with E-state index in [1.165, 1.54) is 6.42 Å². The average molecular weight is 363 g/mol. The van der Waals surface area contributed by atoms with Crippen LogP contribution in [0.25, 0.3) is 0 Å². The van der Waals surface area contributed by atoms with Gasteiger partial charge in [0.15, 0.2) is 0 Å². The van der Waals surface area contributed by atoms with Crippen molar-refractivity contribution in [1.82, 2.24) is 8.61 Å². The Morgan fingerprint density at radius 3 is 2.39 bits per heavy atom. The van der Waals surface area contributed by atoms with Gasteiger partial charge in [-0.15, -0.1) is 0 Å². The first-order valence-electron chi connectivity index (χ1n) is 8.86. The van der Waals surface area contributed by atoms with E-state index in [1.807, 2.05) is 0 Å². The Balaban J connectivity index is 1.51. The van der Waals surface area contributed by atoms with E-state index >= 15 is 0 Å². The summed E-state index contributed by atoms with van der Waals surface area (Å²) in [5.74, 6) is 1.14. The van der Waals surface area contributed by atoms with E-state index in [2.05, 4.69) is 0 Å². The molecule has 0 N–H and O–H groups in total. The minimum absolute atomic E-state index is 0.162. The van der Waals surface area contributed by atoms with Crippen LogP contribution in [-0.4, -0.2) is 62.1 Å². The molecule has 2 aliphatic heterocycles. The standard InChI is InChI=1S/C15H26N2O4S2/c18-22(19)8-2-7-17(22)14-3-1-6-16(11-14)23(20,21)15-10-12-4-5-13(15)9-12/h12-15H,1-11H2/t12-,13+,14?,15?/m1/s1. The van der Waals surface area contributed by atoms with Crippen molar-refractivity contribution >= 4 is 20.0 Å².